The molecule has 0 bridgehead atoms. The van der Waals surface area contributed by atoms with Gasteiger partial charge in [-0.15, -0.1) is 0 Å². The molecule has 18 heteroatoms. The van der Waals surface area contributed by atoms with Crippen LogP contribution in [-0.2, 0) is 55.8 Å². The molecule has 0 aromatic rings. The number of hydrogen-bond acceptors (Lipinski definition) is 14. The summed E-state index contributed by atoms with van der Waals surface area (Å²) in [7, 11) is -9.80. The van der Waals surface area contributed by atoms with Crippen molar-refractivity contribution in [3.05, 3.63) is 122 Å². The summed E-state index contributed by atoms with van der Waals surface area (Å²) < 4.78 is 61.1. The predicted octanol–water partition coefficient (Wildman–Crippen LogP) is 22.5. The minimum atomic E-state index is -4.94. The molecule has 0 saturated carbocycles. The number of aliphatic hydroxyl groups excluding tert-OH is 2. The standard InChI is InChI=1S/C81H140O16P2/c1-4-7-10-13-16-19-22-25-28-30-32-34-35-36-37-38-39-41-43-44-47-49-52-55-58-61-64-67-79(84)91-70-76(82)71-93-98(87,88)94-72-77(83)73-95-99(89,90)96-75-78(97-81(86)69-66-63-60-57-54-51-46-27-24-21-18-15-12-9-6-3)74-92-80(85)68-65-62-59-56-53-50-48-45-42-40-33-31-29-26-23-20-17-14-11-8-5-2/h8,11,16-17,19-20,25-29,32-34,36-37,40,45-46,48,76-78,82-83H,4-7,9-10,12-15,18,21-24,30-31,35,38-39,41-44,47,49-75H2,1-3H3,(H,87,88)(H,89,90)/b11-8-,19-16-,20-17-,28-25-,29-26-,34-32-,37-36-,40-33-,46-27-,48-45-. The van der Waals surface area contributed by atoms with Gasteiger partial charge >= 0.3 is 33.6 Å². The minimum Gasteiger partial charge on any atom is -0.463 e. The third-order valence-electron chi connectivity index (χ3n) is 16.1. The van der Waals surface area contributed by atoms with E-state index in [1.807, 2.05) is 0 Å². The van der Waals surface area contributed by atoms with Crippen molar-refractivity contribution in [1.29, 1.82) is 0 Å². The van der Waals surface area contributed by atoms with E-state index in [1.54, 1.807) is 0 Å². The third-order valence-corrected chi connectivity index (χ3v) is 18.0. The smallest absolute Gasteiger partial charge is 0.463 e. The van der Waals surface area contributed by atoms with E-state index in [-0.39, 0.29) is 19.3 Å². The van der Waals surface area contributed by atoms with Crippen molar-refractivity contribution in [3.63, 3.8) is 0 Å². The molecule has 0 heterocycles. The molecule has 16 nitrogen and oxygen atoms in total. The number of hydrogen-bond donors (Lipinski definition) is 4. The van der Waals surface area contributed by atoms with Gasteiger partial charge in [0, 0.05) is 19.3 Å². The van der Waals surface area contributed by atoms with Crippen molar-refractivity contribution in [1.82, 2.24) is 0 Å². The fourth-order valence-electron chi connectivity index (χ4n) is 10.2. The Labute approximate surface area is 602 Å². The van der Waals surface area contributed by atoms with E-state index in [4.69, 9.17) is 32.3 Å². The highest BCUT2D eigenvalue weighted by atomic mass is 31.2. The van der Waals surface area contributed by atoms with Gasteiger partial charge in [-0.25, -0.2) is 9.13 Å². The highest BCUT2D eigenvalue weighted by Crippen LogP contribution is 2.45. The zero-order valence-corrected chi connectivity index (χ0v) is 63.9. The molecule has 0 aromatic carbocycles. The molecule has 570 valence electrons. The van der Waals surface area contributed by atoms with Gasteiger partial charge in [0.05, 0.1) is 26.4 Å². The molecule has 0 aliphatic carbocycles. The van der Waals surface area contributed by atoms with Crippen molar-refractivity contribution in [2.24, 2.45) is 0 Å². The average molecular weight is 1430 g/mol. The van der Waals surface area contributed by atoms with Crippen LogP contribution in [0, 0.1) is 0 Å². The number of carbonyl (C=O) groups excluding carboxylic acids is 3. The first-order valence-corrected chi connectivity index (χ1v) is 41.8. The Hall–Kier alpha value is -4.05. The molecule has 0 saturated heterocycles. The van der Waals surface area contributed by atoms with Crippen LogP contribution in [0.25, 0.3) is 0 Å². The maximum absolute atomic E-state index is 13.0. The van der Waals surface area contributed by atoms with Crippen molar-refractivity contribution in [3.8, 4) is 0 Å². The second-order valence-electron chi connectivity index (χ2n) is 25.8. The third kappa shape index (κ3) is 74.9. The zero-order chi connectivity index (χ0) is 72.3. The van der Waals surface area contributed by atoms with Crippen LogP contribution in [0.5, 0.6) is 0 Å². The van der Waals surface area contributed by atoms with Gasteiger partial charge in [-0.05, 0) is 135 Å². The molecule has 0 amide bonds. The van der Waals surface area contributed by atoms with Gasteiger partial charge in [0.15, 0.2) is 6.10 Å². The van der Waals surface area contributed by atoms with E-state index in [2.05, 4.69) is 142 Å². The van der Waals surface area contributed by atoms with Crippen LogP contribution >= 0.6 is 15.6 Å². The molecule has 0 spiro atoms. The number of ether oxygens (including phenoxy) is 3. The predicted molar refractivity (Wildman–Crippen MR) is 408 cm³/mol. The first-order valence-electron chi connectivity index (χ1n) is 38.8. The van der Waals surface area contributed by atoms with Gasteiger partial charge in [-0.1, -0.05) is 284 Å². The number of carbonyl (C=O) groups is 3. The fourth-order valence-corrected chi connectivity index (χ4v) is 11.8. The van der Waals surface area contributed by atoms with Crippen molar-refractivity contribution in [2.45, 2.75) is 334 Å². The van der Waals surface area contributed by atoms with Gasteiger partial charge < -0.3 is 34.2 Å². The number of rotatable bonds is 73. The number of esters is 3. The molecule has 5 unspecified atom stereocenters. The Morgan fingerprint density at radius 3 is 0.879 bits per heavy atom. The van der Waals surface area contributed by atoms with Crippen LogP contribution in [0.4, 0.5) is 0 Å². The van der Waals surface area contributed by atoms with Crippen LogP contribution in [0.2, 0.25) is 0 Å². The first-order chi connectivity index (χ1) is 48.2. The van der Waals surface area contributed by atoms with E-state index >= 15 is 0 Å². The molecule has 0 aromatic heterocycles. The van der Waals surface area contributed by atoms with Gasteiger partial charge in [0.25, 0.3) is 0 Å². The van der Waals surface area contributed by atoms with Gasteiger partial charge in [0.2, 0.25) is 0 Å². The summed E-state index contributed by atoms with van der Waals surface area (Å²) in [5.74, 6) is -1.61. The monoisotopic (exact) mass is 1430 g/mol. The quantitative estimate of drug-likeness (QED) is 0.0146. The topological polar surface area (TPSA) is 231 Å². The Morgan fingerprint density at radius 1 is 0.293 bits per heavy atom. The second kappa shape index (κ2) is 73.7. The lowest BCUT2D eigenvalue weighted by Gasteiger charge is -2.21. The normalized spacial score (nSPS) is 14.7. The van der Waals surface area contributed by atoms with E-state index in [1.165, 1.54) is 109 Å². The number of phosphoric ester groups is 2. The molecule has 0 aliphatic heterocycles. The van der Waals surface area contributed by atoms with Crippen LogP contribution in [-0.4, -0.2) is 95.9 Å². The summed E-state index contributed by atoms with van der Waals surface area (Å²) in [6.07, 6.45) is 86.7. The Kier molecular flexibility index (Phi) is 70.7. The lowest BCUT2D eigenvalue weighted by molar-refractivity contribution is -0.161. The largest absolute Gasteiger partial charge is 0.472 e. The SMILES string of the molecule is CC/C=C\C/C=C\C/C=C\C/C=C\C/C=C\CCCCCCCC(=O)OCC(COP(=O)(O)OCC(O)COP(=O)(O)OCC(O)COC(=O)CCCCCCCCCCCCC/C=C\C/C=C\C/C=C\C/C=C\CCCCC)OC(=O)CCCCCCC/C=C\CCCCCCCC. The summed E-state index contributed by atoms with van der Waals surface area (Å²) in [5, 5.41) is 20.6. The second-order valence-corrected chi connectivity index (χ2v) is 28.7. The molecule has 5 atom stereocenters. The molecule has 0 fully saturated rings. The summed E-state index contributed by atoms with van der Waals surface area (Å²) in [6.45, 7) is 2.51. The molecular formula is C81H140O16P2. The Balaban J connectivity index is 4.58. The van der Waals surface area contributed by atoms with Crippen LogP contribution in [0.15, 0.2) is 122 Å². The molecule has 99 heavy (non-hydrogen) atoms. The minimum absolute atomic E-state index is 0.0882. The highest BCUT2D eigenvalue weighted by Gasteiger charge is 2.29. The van der Waals surface area contributed by atoms with Crippen molar-refractivity contribution >= 4 is 33.6 Å². The Bertz CT molecular complexity index is 2290. The molecule has 0 radical (unpaired) electrons. The van der Waals surface area contributed by atoms with Crippen molar-refractivity contribution in [2.75, 3.05) is 39.6 Å². The fraction of sp³-hybridized carbons (Fsp3) is 0.716. The molecular weight excluding hydrogens is 1290 g/mol. The van der Waals surface area contributed by atoms with Gasteiger partial charge in [0.1, 0.15) is 25.4 Å². The summed E-state index contributed by atoms with van der Waals surface area (Å²) in [4.78, 5) is 58.6. The van der Waals surface area contributed by atoms with Crippen molar-refractivity contribution < 1.29 is 75.8 Å². The van der Waals surface area contributed by atoms with Crippen LogP contribution < -0.4 is 0 Å². The lowest BCUT2D eigenvalue weighted by atomic mass is 10.0. The van der Waals surface area contributed by atoms with Crippen LogP contribution in [0.1, 0.15) is 316 Å². The molecule has 0 aliphatic rings. The van der Waals surface area contributed by atoms with E-state index in [9.17, 15) is 43.5 Å². The Morgan fingerprint density at radius 2 is 0.535 bits per heavy atom. The maximum Gasteiger partial charge on any atom is 0.472 e. The van der Waals surface area contributed by atoms with Gasteiger partial charge in [-0.2, -0.15) is 0 Å². The van der Waals surface area contributed by atoms with E-state index in [0.29, 0.717) is 19.3 Å². The molecule has 4 N–H and O–H groups in total. The lowest BCUT2D eigenvalue weighted by Crippen LogP contribution is -2.30. The maximum atomic E-state index is 13.0. The van der Waals surface area contributed by atoms with Gasteiger partial charge in [-0.3, -0.25) is 32.5 Å². The number of allylic oxidation sites excluding steroid dienone is 20. The number of aliphatic hydroxyl groups is 2. The summed E-state index contributed by atoms with van der Waals surface area (Å²) in [5.41, 5.74) is 0. The summed E-state index contributed by atoms with van der Waals surface area (Å²) in [6, 6.07) is 0. The number of phosphoric acid groups is 2. The molecule has 0 rings (SSSR count). The zero-order valence-electron chi connectivity index (χ0n) is 62.1. The summed E-state index contributed by atoms with van der Waals surface area (Å²) >= 11 is 0. The van der Waals surface area contributed by atoms with E-state index < -0.39 is 91.5 Å². The van der Waals surface area contributed by atoms with Crippen LogP contribution in [0.3, 0.4) is 0 Å². The van der Waals surface area contributed by atoms with E-state index in [0.717, 1.165) is 148 Å². The average Bonchev–Trinajstić information content (AvgIpc) is 1.55. The number of unbranched alkanes of at least 4 members (excludes halogenated alkanes) is 30. The highest BCUT2D eigenvalue weighted by molar-refractivity contribution is 7.47. The first kappa shape index (κ1) is 94.9.